The molecule has 2 rings (SSSR count). The zero-order valence-electron chi connectivity index (χ0n) is 20.7. The number of aliphatic hydroxyl groups is 2. The van der Waals surface area contributed by atoms with Crippen molar-refractivity contribution in [1.82, 2.24) is 4.98 Å². The number of rotatable bonds is 2. The van der Waals surface area contributed by atoms with E-state index in [-0.39, 0.29) is 18.1 Å². The van der Waals surface area contributed by atoms with Crippen molar-refractivity contribution in [2.75, 3.05) is 0 Å². The molecule has 5 atom stereocenters. The molecule has 0 amide bonds. The summed E-state index contributed by atoms with van der Waals surface area (Å²) in [6.07, 6.45) is 7.50. The SMILES string of the molecule is C/C(=C/c1coc(C)n1)[C@@H]1C/C=C\CCC[C@H](C)[C@H](O)[C@@H](C)C(=O)C(C)(C)[C@@H](O)CC(=O)O1. The van der Waals surface area contributed by atoms with Crippen molar-refractivity contribution >= 4 is 17.8 Å². The van der Waals surface area contributed by atoms with Crippen LogP contribution >= 0.6 is 0 Å². The van der Waals surface area contributed by atoms with Gasteiger partial charge in [0.25, 0.3) is 0 Å². The topological polar surface area (TPSA) is 110 Å². The van der Waals surface area contributed by atoms with Gasteiger partial charge in [-0.15, -0.1) is 0 Å². The van der Waals surface area contributed by atoms with Gasteiger partial charge in [-0.1, -0.05) is 39.8 Å². The Labute approximate surface area is 196 Å². The Kier molecular flexibility index (Phi) is 9.61. The van der Waals surface area contributed by atoms with E-state index >= 15 is 0 Å². The molecule has 0 aromatic carbocycles. The lowest BCUT2D eigenvalue weighted by atomic mass is 9.73. The van der Waals surface area contributed by atoms with E-state index in [9.17, 15) is 19.8 Å². The molecule has 2 N–H and O–H groups in total. The summed E-state index contributed by atoms with van der Waals surface area (Å²) in [5.41, 5.74) is 0.248. The van der Waals surface area contributed by atoms with Crippen LogP contribution in [0.3, 0.4) is 0 Å². The van der Waals surface area contributed by atoms with Crippen LogP contribution < -0.4 is 0 Å². The molecule has 1 aromatic rings. The molecular formula is C26H39NO6. The molecule has 0 saturated heterocycles. The standard InChI is InChI=1S/C26H39NO6/c1-16-11-9-7-8-10-12-21(17(2)13-20-15-32-19(4)27-20)33-23(29)14-22(28)26(5,6)25(31)18(3)24(16)30/h8,10,13,15-16,18,21-22,24,28,30H,7,9,11-12,14H2,1-6H3/b10-8-,17-13-/t16-,18+,21-,22-,24-/m0/s1. The number of aromatic nitrogens is 1. The third-order valence-corrected chi connectivity index (χ3v) is 6.68. The maximum absolute atomic E-state index is 13.1. The van der Waals surface area contributed by atoms with Gasteiger partial charge in [-0.25, -0.2) is 4.98 Å². The van der Waals surface area contributed by atoms with Gasteiger partial charge >= 0.3 is 5.97 Å². The first-order valence-electron chi connectivity index (χ1n) is 11.8. The average Bonchev–Trinajstić information content (AvgIpc) is 3.16. The largest absolute Gasteiger partial charge is 0.457 e. The van der Waals surface area contributed by atoms with Gasteiger partial charge in [0.05, 0.1) is 24.0 Å². The van der Waals surface area contributed by atoms with Crippen molar-refractivity contribution in [3.8, 4) is 0 Å². The summed E-state index contributed by atoms with van der Waals surface area (Å²) < 4.78 is 11.0. The normalized spacial score (nSPS) is 31.8. The molecule has 7 nitrogen and oxygen atoms in total. The van der Waals surface area contributed by atoms with Gasteiger partial charge in [-0.2, -0.15) is 0 Å². The molecule has 1 aromatic heterocycles. The van der Waals surface area contributed by atoms with Gasteiger partial charge in [0, 0.05) is 19.3 Å². The second kappa shape index (κ2) is 11.7. The third kappa shape index (κ3) is 7.37. The van der Waals surface area contributed by atoms with Gasteiger partial charge in [-0.05, 0) is 43.8 Å². The second-order valence-corrected chi connectivity index (χ2v) is 9.86. The van der Waals surface area contributed by atoms with Crippen LogP contribution in [0.1, 0.15) is 78.3 Å². The highest BCUT2D eigenvalue weighted by molar-refractivity contribution is 5.88. The van der Waals surface area contributed by atoms with Crippen molar-refractivity contribution in [3.63, 3.8) is 0 Å². The zero-order valence-corrected chi connectivity index (χ0v) is 20.7. The number of ketones is 1. The number of cyclic esters (lactones) is 1. The summed E-state index contributed by atoms with van der Waals surface area (Å²) in [5, 5.41) is 21.5. The molecule has 0 unspecified atom stereocenters. The number of oxazole rings is 1. The van der Waals surface area contributed by atoms with Crippen molar-refractivity contribution in [2.24, 2.45) is 17.3 Å². The summed E-state index contributed by atoms with van der Waals surface area (Å²) in [6, 6.07) is 0. The molecule has 0 aliphatic carbocycles. The average molecular weight is 462 g/mol. The van der Waals surface area contributed by atoms with Gasteiger partial charge in [0.1, 0.15) is 23.8 Å². The summed E-state index contributed by atoms with van der Waals surface area (Å²) in [7, 11) is 0. The minimum Gasteiger partial charge on any atom is -0.457 e. The second-order valence-electron chi connectivity index (χ2n) is 9.86. The monoisotopic (exact) mass is 461 g/mol. The molecule has 0 spiro atoms. The number of nitrogens with zero attached hydrogens (tertiary/aromatic N) is 1. The van der Waals surface area contributed by atoms with Crippen molar-refractivity contribution in [3.05, 3.63) is 35.6 Å². The lowest BCUT2D eigenvalue weighted by molar-refractivity contribution is -0.154. The number of carbonyl (C=O) groups excluding carboxylic acids is 2. The zero-order chi connectivity index (χ0) is 24.8. The summed E-state index contributed by atoms with van der Waals surface area (Å²) in [4.78, 5) is 30.1. The Morgan fingerprint density at radius 3 is 2.55 bits per heavy atom. The van der Waals surface area contributed by atoms with E-state index in [4.69, 9.17) is 9.15 Å². The molecule has 33 heavy (non-hydrogen) atoms. The highest BCUT2D eigenvalue weighted by Gasteiger charge is 2.42. The van der Waals surface area contributed by atoms with E-state index in [1.807, 2.05) is 32.1 Å². The van der Waals surface area contributed by atoms with Crippen LogP contribution in [0.15, 0.2) is 28.4 Å². The van der Waals surface area contributed by atoms with Gasteiger partial charge in [-0.3, -0.25) is 9.59 Å². The third-order valence-electron chi connectivity index (χ3n) is 6.68. The smallest absolute Gasteiger partial charge is 0.309 e. The van der Waals surface area contributed by atoms with E-state index in [2.05, 4.69) is 4.98 Å². The van der Waals surface area contributed by atoms with Crippen molar-refractivity contribution in [1.29, 1.82) is 0 Å². The lowest BCUT2D eigenvalue weighted by Crippen LogP contribution is -2.45. The number of allylic oxidation sites excluding steroid dienone is 1. The number of Topliss-reactive ketones (excluding diaryl/α,β-unsaturated/α-hetero) is 1. The maximum Gasteiger partial charge on any atom is 0.309 e. The molecule has 7 heteroatoms. The van der Waals surface area contributed by atoms with Crippen LogP contribution in [0.2, 0.25) is 0 Å². The van der Waals surface area contributed by atoms with Crippen LogP contribution in [0.5, 0.6) is 0 Å². The van der Waals surface area contributed by atoms with E-state index in [0.717, 1.165) is 24.8 Å². The number of ether oxygens (including phenoxy) is 1. The summed E-state index contributed by atoms with van der Waals surface area (Å²) in [6.45, 7) is 10.5. The first-order chi connectivity index (χ1) is 15.4. The van der Waals surface area contributed by atoms with Gasteiger partial charge in [0.15, 0.2) is 5.89 Å². The minimum absolute atomic E-state index is 0.0491. The lowest BCUT2D eigenvalue weighted by Gasteiger charge is -2.34. The summed E-state index contributed by atoms with van der Waals surface area (Å²) in [5.74, 6) is -0.991. The number of aliphatic hydroxyl groups excluding tert-OH is 2. The predicted octanol–water partition coefficient (Wildman–Crippen LogP) is 4.41. The molecule has 1 aliphatic heterocycles. The molecule has 2 heterocycles. The van der Waals surface area contributed by atoms with Crippen LogP contribution in [0.25, 0.3) is 6.08 Å². The Bertz CT molecular complexity index is 868. The van der Waals surface area contributed by atoms with Crippen molar-refractivity contribution in [2.45, 2.75) is 92.0 Å². The van der Waals surface area contributed by atoms with Crippen LogP contribution in [0.4, 0.5) is 0 Å². The van der Waals surface area contributed by atoms with E-state index in [0.29, 0.717) is 18.0 Å². The molecule has 184 valence electrons. The maximum atomic E-state index is 13.1. The van der Waals surface area contributed by atoms with Crippen molar-refractivity contribution < 1.29 is 29.0 Å². The summed E-state index contributed by atoms with van der Waals surface area (Å²) >= 11 is 0. The van der Waals surface area contributed by atoms with Crippen LogP contribution in [0, 0.1) is 24.2 Å². The quantitative estimate of drug-likeness (QED) is 0.496. The Balaban J connectivity index is 2.27. The van der Waals surface area contributed by atoms with E-state index < -0.39 is 35.6 Å². The van der Waals surface area contributed by atoms with Crippen LogP contribution in [-0.2, 0) is 14.3 Å². The Hall–Kier alpha value is -2.25. The number of esters is 1. The molecule has 0 radical (unpaired) electrons. The minimum atomic E-state index is -1.23. The number of carbonyl (C=O) groups is 2. The first kappa shape index (κ1) is 27.0. The molecule has 0 bridgehead atoms. The molecular weight excluding hydrogens is 422 g/mol. The highest BCUT2D eigenvalue weighted by Crippen LogP contribution is 2.32. The van der Waals surface area contributed by atoms with Crippen LogP contribution in [-0.4, -0.2) is 45.3 Å². The Morgan fingerprint density at radius 2 is 1.91 bits per heavy atom. The highest BCUT2D eigenvalue weighted by atomic mass is 16.5. The molecule has 0 fully saturated rings. The fraction of sp³-hybridized carbons (Fsp3) is 0.654. The number of hydrogen-bond donors (Lipinski definition) is 2. The fourth-order valence-corrected chi connectivity index (χ4v) is 4.18. The van der Waals surface area contributed by atoms with E-state index in [1.165, 1.54) is 0 Å². The molecule has 0 saturated carbocycles. The number of hydrogen-bond acceptors (Lipinski definition) is 7. The fourth-order valence-electron chi connectivity index (χ4n) is 4.18. The van der Waals surface area contributed by atoms with E-state index in [1.54, 1.807) is 34.0 Å². The molecule has 1 aliphatic rings. The number of aryl methyl sites for hydroxylation is 1. The van der Waals surface area contributed by atoms with Gasteiger partial charge < -0.3 is 19.4 Å². The van der Waals surface area contributed by atoms with Gasteiger partial charge in [0.2, 0.25) is 0 Å². The predicted molar refractivity (Wildman–Crippen MR) is 126 cm³/mol. The first-order valence-corrected chi connectivity index (χ1v) is 11.8. The Morgan fingerprint density at radius 1 is 1.21 bits per heavy atom.